The van der Waals surface area contributed by atoms with Crippen molar-refractivity contribution in [2.45, 2.75) is 26.7 Å². The van der Waals surface area contributed by atoms with Crippen molar-refractivity contribution >= 4 is 23.3 Å². The number of rotatable bonds is 5. The number of nitrogens with one attached hydrogen (secondary N) is 1. The van der Waals surface area contributed by atoms with Crippen molar-refractivity contribution in [1.29, 1.82) is 0 Å². The first-order valence-electron chi connectivity index (χ1n) is 10.5. The fourth-order valence-corrected chi connectivity index (χ4v) is 3.77. The number of carbonyl (C=O) groups excluding carboxylic acids is 3. The second kappa shape index (κ2) is 9.13. The minimum Gasteiger partial charge on any atom is -0.339 e. The molecule has 0 radical (unpaired) electrons. The van der Waals surface area contributed by atoms with Crippen molar-refractivity contribution in [2.24, 2.45) is 5.92 Å². The van der Waals surface area contributed by atoms with Gasteiger partial charge >= 0.3 is 0 Å². The highest BCUT2D eigenvalue weighted by molar-refractivity contribution is 5.98. The number of piperidine rings is 1. The lowest BCUT2D eigenvalue weighted by molar-refractivity contribution is -0.121. The topological polar surface area (TPSA) is 105 Å². The maximum absolute atomic E-state index is 12.9. The van der Waals surface area contributed by atoms with Gasteiger partial charge in [0, 0.05) is 48.3 Å². The molecular formula is C24H24N4O4. The first-order chi connectivity index (χ1) is 15.4. The van der Waals surface area contributed by atoms with Crippen LogP contribution < -0.4 is 5.32 Å². The van der Waals surface area contributed by atoms with Crippen LogP contribution in [0.4, 0.5) is 5.69 Å². The van der Waals surface area contributed by atoms with Gasteiger partial charge in [0.05, 0.1) is 0 Å². The summed E-state index contributed by atoms with van der Waals surface area (Å²) < 4.78 is 4.99. The number of Topliss-reactive ketones (excluding diaryl/α,β-unsaturated/α-hetero) is 1. The van der Waals surface area contributed by atoms with Gasteiger partial charge in [-0.15, -0.1) is 0 Å². The summed E-state index contributed by atoms with van der Waals surface area (Å²) in [6, 6.07) is 14.0. The van der Waals surface area contributed by atoms with Crippen molar-refractivity contribution in [3.05, 3.63) is 65.5 Å². The van der Waals surface area contributed by atoms with Crippen molar-refractivity contribution in [2.75, 3.05) is 18.4 Å². The fraction of sp³-hybridized carbons (Fsp3) is 0.292. The predicted octanol–water partition coefficient (Wildman–Crippen LogP) is 3.74. The van der Waals surface area contributed by atoms with E-state index in [-0.39, 0.29) is 23.5 Å². The van der Waals surface area contributed by atoms with E-state index in [2.05, 4.69) is 15.5 Å². The summed E-state index contributed by atoms with van der Waals surface area (Å²) in [7, 11) is 0. The predicted molar refractivity (Wildman–Crippen MR) is 118 cm³/mol. The van der Waals surface area contributed by atoms with E-state index in [1.54, 1.807) is 60.4 Å². The van der Waals surface area contributed by atoms with Gasteiger partial charge in [-0.25, -0.2) is 0 Å². The van der Waals surface area contributed by atoms with E-state index in [0.717, 1.165) is 5.56 Å². The van der Waals surface area contributed by atoms with Crippen molar-refractivity contribution in [3.63, 3.8) is 0 Å². The van der Waals surface area contributed by atoms with E-state index < -0.39 is 0 Å². The molecule has 164 valence electrons. The Kier molecular flexibility index (Phi) is 6.11. The van der Waals surface area contributed by atoms with Crippen LogP contribution in [0, 0.1) is 12.8 Å². The number of benzene rings is 2. The molecule has 0 aliphatic carbocycles. The van der Waals surface area contributed by atoms with Crippen LogP contribution in [0.1, 0.15) is 46.4 Å². The Morgan fingerprint density at radius 2 is 1.75 bits per heavy atom. The highest BCUT2D eigenvalue weighted by Gasteiger charge is 2.28. The molecule has 0 atom stereocenters. The third-order valence-corrected chi connectivity index (χ3v) is 5.61. The van der Waals surface area contributed by atoms with Gasteiger partial charge in [0.1, 0.15) is 0 Å². The molecule has 1 aliphatic heterocycles. The second-order valence-electron chi connectivity index (χ2n) is 7.91. The van der Waals surface area contributed by atoms with Crippen LogP contribution in [0.5, 0.6) is 0 Å². The molecule has 0 bridgehead atoms. The molecule has 3 aromatic rings. The number of hydrogen-bond acceptors (Lipinski definition) is 6. The van der Waals surface area contributed by atoms with Gasteiger partial charge in [0.15, 0.2) is 5.78 Å². The van der Waals surface area contributed by atoms with E-state index >= 15 is 0 Å². The highest BCUT2D eigenvalue weighted by atomic mass is 16.5. The maximum atomic E-state index is 12.9. The van der Waals surface area contributed by atoms with E-state index in [0.29, 0.717) is 54.5 Å². The molecule has 0 saturated carbocycles. The summed E-state index contributed by atoms with van der Waals surface area (Å²) in [5.41, 5.74) is 2.53. The number of aromatic nitrogens is 2. The smallest absolute Gasteiger partial charge is 0.253 e. The monoisotopic (exact) mass is 432 g/mol. The molecule has 4 rings (SSSR count). The molecule has 1 aromatic heterocycles. The van der Waals surface area contributed by atoms with Gasteiger partial charge in [0.2, 0.25) is 17.6 Å². The molecule has 1 N–H and O–H groups in total. The van der Waals surface area contributed by atoms with Crippen LogP contribution in [-0.4, -0.2) is 45.7 Å². The Balaban J connectivity index is 1.33. The number of ketones is 1. The minimum atomic E-state index is -0.177. The third kappa shape index (κ3) is 4.74. The van der Waals surface area contributed by atoms with E-state index in [1.807, 2.05) is 0 Å². The number of likely N-dealkylation sites (tertiary alicyclic amines) is 1. The number of anilines is 1. The Morgan fingerprint density at radius 3 is 2.38 bits per heavy atom. The SMILES string of the molecule is CC(=O)c1cccc(NC(=O)C2CCN(C(=O)c3ccc(-c4noc(C)n4)cc3)CC2)c1. The van der Waals surface area contributed by atoms with Crippen LogP contribution in [-0.2, 0) is 4.79 Å². The molecule has 2 aromatic carbocycles. The van der Waals surface area contributed by atoms with Crippen molar-refractivity contribution < 1.29 is 18.9 Å². The Bertz CT molecular complexity index is 1140. The van der Waals surface area contributed by atoms with Crippen molar-refractivity contribution in [3.8, 4) is 11.4 Å². The maximum Gasteiger partial charge on any atom is 0.253 e. The van der Waals surface area contributed by atoms with Gasteiger partial charge in [-0.3, -0.25) is 14.4 Å². The standard InChI is InChI=1S/C24H24N4O4/c1-15(29)20-4-3-5-21(14-20)26-23(30)18-10-12-28(13-11-18)24(31)19-8-6-17(7-9-19)22-25-16(2)32-27-22/h3-9,14,18H,10-13H2,1-2H3,(H,26,30). The molecule has 0 spiro atoms. The zero-order chi connectivity index (χ0) is 22.7. The quantitative estimate of drug-likeness (QED) is 0.616. The average molecular weight is 432 g/mol. The first-order valence-corrected chi connectivity index (χ1v) is 10.5. The molecular weight excluding hydrogens is 408 g/mol. The number of amides is 2. The molecule has 8 nitrogen and oxygen atoms in total. The lowest BCUT2D eigenvalue weighted by Crippen LogP contribution is -2.41. The molecule has 0 unspecified atom stereocenters. The fourth-order valence-electron chi connectivity index (χ4n) is 3.77. The average Bonchev–Trinajstić information content (AvgIpc) is 3.25. The summed E-state index contributed by atoms with van der Waals surface area (Å²) in [5.74, 6) is 0.601. The van der Waals surface area contributed by atoms with Crippen LogP contribution >= 0.6 is 0 Å². The largest absolute Gasteiger partial charge is 0.339 e. The molecule has 2 heterocycles. The molecule has 8 heteroatoms. The Labute approximate surface area is 185 Å². The van der Waals surface area contributed by atoms with Crippen LogP contribution in [0.3, 0.4) is 0 Å². The third-order valence-electron chi connectivity index (χ3n) is 5.61. The zero-order valence-corrected chi connectivity index (χ0v) is 18.0. The van der Waals surface area contributed by atoms with E-state index in [1.165, 1.54) is 6.92 Å². The van der Waals surface area contributed by atoms with E-state index in [9.17, 15) is 14.4 Å². The van der Waals surface area contributed by atoms with Crippen LogP contribution in [0.15, 0.2) is 53.1 Å². The van der Waals surface area contributed by atoms with Gasteiger partial charge in [-0.1, -0.05) is 29.4 Å². The van der Waals surface area contributed by atoms with Crippen molar-refractivity contribution in [1.82, 2.24) is 15.0 Å². The molecule has 2 amide bonds. The normalized spacial score (nSPS) is 14.2. The number of nitrogens with zero attached hydrogens (tertiary/aromatic N) is 3. The first kappa shape index (κ1) is 21.4. The number of carbonyl (C=O) groups is 3. The highest BCUT2D eigenvalue weighted by Crippen LogP contribution is 2.23. The summed E-state index contributed by atoms with van der Waals surface area (Å²) in [6.07, 6.45) is 1.17. The van der Waals surface area contributed by atoms with Crippen LogP contribution in [0.2, 0.25) is 0 Å². The summed E-state index contributed by atoms with van der Waals surface area (Å²) in [4.78, 5) is 43.0. The summed E-state index contributed by atoms with van der Waals surface area (Å²) >= 11 is 0. The summed E-state index contributed by atoms with van der Waals surface area (Å²) in [5, 5.41) is 6.77. The molecule has 1 aliphatic rings. The van der Waals surface area contributed by atoms with Crippen LogP contribution in [0.25, 0.3) is 11.4 Å². The van der Waals surface area contributed by atoms with Gasteiger partial charge in [-0.2, -0.15) is 4.98 Å². The number of aryl methyl sites for hydroxylation is 1. The lowest BCUT2D eigenvalue weighted by atomic mass is 9.95. The Morgan fingerprint density at radius 1 is 1.03 bits per heavy atom. The lowest BCUT2D eigenvalue weighted by Gasteiger charge is -2.31. The van der Waals surface area contributed by atoms with Gasteiger partial charge < -0.3 is 14.7 Å². The zero-order valence-electron chi connectivity index (χ0n) is 18.0. The number of hydrogen-bond donors (Lipinski definition) is 1. The van der Waals surface area contributed by atoms with Gasteiger partial charge in [0.25, 0.3) is 5.91 Å². The van der Waals surface area contributed by atoms with Gasteiger partial charge in [-0.05, 0) is 44.0 Å². The van der Waals surface area contributed by atoms with E-state index in [4.69, 9.17) is 4.52 Å². The molecule has 32 heavy (non-hydrogen) atoms. The molecule has 1 fully saturated rings. The second-order valence-corrected chi connectivity index (χ2v) is 7.91. The summed E-state index contributed by atoms with van der Waals surface area (Å²) in [6.45, 7) is 4.24. The molecule has 1 saturated heterocycles. The minimum absolute atomic E-state index is 0.0478. The Hall–Kier alpha value is -3.81.